The van der Waals surface area contributed by atoms with Crippen LogP contribution in [0.15, 0.2) is 0 Å². The summed E-state index contributed by atoms with van der Waals surface area (Å²) < 4.78 is 0. The van der Waals surface area contributed by atoms with Gasteiger partial charge in [0.1, 0.15) is 18.6 Å². The Labute approximate surface area is 176 Å². The minimum atomic E-state index is -1.18. The van der Waals surface area contributed by atoms with E-state index in [1.54, 1.807) is 25.6 Å². The molecule has 0 radical (unpaired) electrons. The molecule has 0 spiro atoms. The van der Waals surface area contributed by atoms with Crippen molar-refractivity contribution in [3.8, 4) is 0 Å². The van der Waals surface area contributed by atoms with Crippen LogP contribution in [0.5, 0.6) is 0 Å². The maximum absolute atomic E-state index is 12.8. The lowest BCUT2D eigenvalue weighted by Crippen LogP contribution is -2.57. The maximum atomic E-state index is 12.8. The summed E-state index contributed by atoms with van der Waals surface area (Å²) in [6.45, 7) is 3.37. The van der Waals surface area contributed by atoms with Crippen LogP contribution >= 0.6 is 11.8 Å². The van der Waals surface area contributed by atoms with E-state index in [1.807, 2.05) is 6.26 Å². The zero-order valence-corrected chi connectivity index (χ0v) is 18.2. The Hall–Kier alpha value is -1.85. The molecule has 29 heavy (non-hydrogen) atoms. The third-order valence-corrected chi connectivity index (χ3v) is 4.85. The van der Waals surface area contributed by atoms with Gasteiger partial charge in [0.15, 0.2) is 0 Å². The zero-order chi connectivity index (χ0) is 22.4. The lowest BCUT2D eigenvalue weighted by atomic mass is 10.0. The second-order valence-corrected chi connectivity index (χ2v) is 8.06. The molecule has 0 heterocycles. The van der Waals surface area contributed by atoms with Crippen LogP contribution in [-0.4, -0.2) is 72.0 Å². The Morgan fingerprint density at radius 3 is 2.17 bits per heavy atom. The molecule has 0 bridgehead atoms. The molecule has 0 aromatic rings. The number of carboxylic acid groups (broad SMARTS) is 1. The SMILES string of the molecule is CSCCC(N)C(=O)NC(CCCCN)C(=O)NC(C(=O)NCC(=O)O)C(C)C. The minimum absolute atomic E-state index is 0.281. The highest BCUT2D eigenvalue weighted by molar-refractivity contribution is 7.98. The van der Waals surface area contributed by atoms with Gasteiger partial charge in [-0.25, -0.2) is 0 Å². The molecule has 0 saturated heterocycles. The first-order chi connectivity index (χ1) is 13.6. The van der Waals surface area contributed by atoms with Gasteiger partial charge in [0.25, 0.3) is 0 Å². The van der Waals surface area contributed by atoms with Crippen molar-refractivity contribution in [3.63, 3.8) is 0 Å². The fourth-order valence-corrected chi connectivity index (χ4v) is 2.97. The first-order valence-electron chi connectivity index (χ1n) is 9.68. The van der Waals surface area contributed by atoms with Crippen LogP contribution in [0.25, 0.3) is 0 Å². The van der Waals surface area contributed by atoms with Crippen LogP contribution in [0.4, 0.5) is 0 Å². The lowest BCUT2D eigenvalue weighted by Gasteiger charge is -2.26. The molecule has 3 amide bonds. The third-order valence-electron chi connectivity index (χ3n) is 4.21. The van der Waals surface area contributed by atoms with Crippen molar-refractivity contribution in [2.75, 3.05) is 25.1 Å². The highest BCUT2D eigenvalue weighted by Gasteiger charge is 2.29. The predicted octanol–water partition coefficient (Wildman–Crippen LogP) is -0.978. The number of amides is 3. The number of nitrogens with two attached hydrogens (primary N) is 2. The molecule has 0 aliphatic rings. The average molecular weight is 434 g/mol. The molecule has 168 valence electrons. The highest BCUT2D eigenvalue weighted by Crippen LogP contribution is 2.07. The first kappa shape index (κ1) is 27.1. The van der Waals surface area contributed by atoms with Gasteiger partial charge in [-0.05, 0) is 50.2 Å². The van der Waals surface area contributed by atoms with Crippen molar-refractivity contribution in [2.45, 2.75) is 57.7 Å². The molecule has 0 fully saturated rings. The number of unbranched alkanes of at least 4 members (excludes halogenated alkanes) is 1. The van der Waals surface area contributed by atoms with Crippen molar-refractivity contribution in [2.24, 2.45) is 17.4 Å². The van der Waals surface area contributed by atoms with E-state index in [-0.39, 0.29) is 5.92 Å². The van der Waals surface area contributed by atoms with E-state index >= 15 is 0 Å². The number of hydrogen-bond donors (Lipinski definition) is 6. The van der Waals surface area contributed by atoms with Gasteiger partial charge in [0.2, 0.25) is 17.7 Å². The number of thioether (sulfide) groups is 1. The fourth-order valence-electron chi connectivity index (χ4n) is 2.48. The van der Waals surface area contributed by atoms with Gasteiger partial charge in [-0.3, -0.25) is 19.2 Å². The third kappa shape index (κ3) is 11.7. The number of carboxylic acids is 1. The number of nitrogens with one attached hydrogen (secondary N) is 3. The monoisotopic (exact) mass is 433 g/mol. The zero-order valence-electron chi connectivity index (χ0n) is 17.4. The van der Waals surface area contributed by atoms with Crippen molar-refractivity contribution in [1.82, 2.24) is 16.0 Å². The Morgan fingerprint density at radius 1 is 1.00 bits per heavy atom. The van der Waals surface area contributed by atoms with Crippen LogP contribution in [0, 0.1) is 5.92 Å². The number of aliphatic carboxylic acids is 1. The largest absolute Gasteiger partial charge is 0.480 e. The topological polar surface area (TPSA) is 177 Å². The number of carbonyl (C=O) groups is 4. The van der Waals surface area contributed by atoms with Crippen LogP contribution in [-0.2, 0) is 19.2 Å². The van der Waals surface area contributed by atoms with Crippen molar-refractivity contribution in [3.05, 3.63) is 0 Å². The second-order valence-electron chi connectivity index (χ2n) is 7.08. The average Bonchev–Trinajstić information content (AvgIpc) is 2.66. The Morgan fingerprint density at radius 2 is 1.66 bits per heavy atom. The summed E-state index contributed by atoms with van der Waals surface area (Å²) in [5.41, 5.74) is 11.4. The van der Waals surface area contributed by atoms with Crippen molar-refractivity contribution >= 4 is 35.5 Å². The molecular formula is C18H35N5O5S. The predicted molar refractivity (Wildman–Crippen MR) is 113 cm³/mol. The molecule has 0 aromatic heterocycles. The van der Waals surface area contributed by atoms with Gasteiger partial charge in [-0.2, -0.15) is 11.8 Å². The molecule has 3 atom stereocenters. The van der Waals surface area contributed by atoms with E-state index in [1.165, 1.54) is 0 Å². The van der Waals surface area contributed by atoms with Gasteiger partial charge < -0.3 is 32.5 Å². The van der Waals surface area contributed by atoms with Crippen molar-refractivity contribution < 1.29 is 24.3 Å². The molecule has 0 aromatic carbocycles. The molecule has 0 aliphatic carbocycles. The Balaban J connectivity index is 5.11. The van der Waals surface area contributed by atoms with Crippen LogP contribution in [0.2, 0.25) is 0 Å². The molecular weight excluding hydrogens is 398 g/mol. The number of carbonyl (C=O) groups excluding carboxylic acids is 3. The molecule has 0 saturated carbocycles. The van der Waals surface area contributed by atoms with E-state index in [0.717, 1.165) is 5.75 Å². The molecule has 11 heteroatoms. The van der Waals surface area contributed by atoms with E-state index in [0.29, 0.717) is 32.2 Å². The van der Waals surface area contributed by atoms with Gasteiger partial charge in [-0.15, -0.1) is 0 Å². The van der Waals surface area contributed by atoms with Gasteiger partial charge in [0.05, 0.1) is 6.04 Å². The Kier molecular flexibility index (Phi) is 14.1. The van der Waals surface area contributed by atoms with Crippen LogP contribution in [0.1, 0.15) is 39.5 Å². The summed E-state index contributed by atoms with van der Waals surface area (Å²) in [5, 5.41) is 16.3. The summed E-state index contributed by atoms with van der Waals surface area (Å²) >= 11 is 1.57. The van der Waals surface area contributed by atoms with E-state index in [9.17, 15) is 19.2 Å². The smallest absolute Gasteiger partial charge is 0.322 e. The number of hydrogen-bond acceptors (Lipinski definition) is 7. The molecule has 3 unspecified atom stereocenters. The standard InChI is InChI=1S/C18H35N5O5S/c1-11(2)15(18(28)21-10-14(24)25)23-17(27)13(6-4-5-8-19)22-16(26)12(20)7-9-29-3/h11-13,15H,4-10,19-20H2,1-3H3,(H,21,28)(H,22,26)(H,23,27)(H,24,25). The first-order valence-corrected chi connectivity index (χ1v) is 11.1. The summed E-state index contributed by atoms with van der Waals surface area (Å²) in [6, 6.07) is -2.52. The summed E-state index contributed by atoms with van der Waals surface area (Å²) in [6.07, 6.45) is 4.05. The van der Waals surface area contributed by atoms with E-state index in [4.69, 9.17) is 16.6 Å². The van der Waals surface area contributed by atoms with Crippen LogP contribution < -0.4 is 27.4 Å². The molecule has 10 nitrogen and oxygen atoms in total. The maximum Gasteiger partial charge on any atom is 0.322 e. The Bertz CT molecular complexity index is 547. The normalized spacial score (nSPS) is 14.0. The van der Waals surface area contributed by atoms with Gasteiger partial charge >= 0.3 is 5.97 Å². The molecule has 8 N–H and O–H groups in total. The molecule has 0 rings (SSSR count). The second kappa shape index (κ2) is 15.1. The summed E-state index contributed by atoms with van der Waals surface area (Å²) in [5.74, 6) is -2.28. The number of rotatable bonds is 15. The van der Waals surface area contributed by atoms with E-state index in [2.05, 4.69) is 16.0 Å². The van der Waals surface area contributed by atoms with Gasteiger partial charge in [0, 0.05) is 0 Å². The summed E-state index contributed by atoms with van der Waals surface area (Å²) in [7, 11) is 0. The van der Waals surface area contributed by atoms with Crippen LogP contribution in [0.3, 0.4) is 0 Å². The minimum Gasteiger partial charge on any atom is -0.480 e. The quantitative estimate of drug-likeness (QED) is 0.179. The fraction of sp³-hybridized carbons (Fsp3) is 0.778. The van der Waals surface area contributed by atoms with Crippen molar-refractivity contribution in [1.29, 1.82) is 0 Å². The van der Waals surface area contributed by atoms with Gasteiger partial charge in [-0.1, -0.05) is 13.8 Å². The summed E-state index contributed by atoms with van der Waals surface area (Å²) in [4.78, 5) is 48.0. The molecule has 0 aliphatic heterocycles. The van der Waals surface area contributed by atoms with E-state index < -0.39 is 48.4 Å². The lowest BCUT2D eigenvalue weighted by molar-refractivity contribution is -0.139. The highest BCUT2D eigenvalue weighted by atomic mass is 32.2.